The number of ether oxygens (including phenoxy) is 1. The number of hydrogen-bond acceptors (Lipinski definition) is 5. The van der Waals surface area contributed by atoms with E-state index in [0.29, 0.717) is 38.8 Å². The fraction of sp³-hybridized carbons (Fsp3) is 0.194. The second-order valence-electron chi connectivity index (χ2n) is 9.59. The van der Waals surface area contributed by atoms with Crippen molar-refractivity contribution >= 4 is 29.0 Å². The number of rotatable bonds is 7. The Balaban J connectivity index is 1.56. The van der Waals surface area contributed by atoms with E-state index in [2.05, 4.69) is 19.2 Å². The van der Waals surface area contributed by atoms with Crippen LogP contribution in [0.3, 0.4) is 0 Å². The number of aromatic nitrogens is 1. The summed E-state index contributed by atoms with van der Waals surface area (Å²) in [6, 6.07) is 26.0. The Morgan fingerprint density at radius 1 is 1.03 bits per heavy atom. The number of allylic oxidation sites excluding steroid dienone is 1. The van der Waals surface area contributed by atoms with Crippen LogP contribution >= 0.6 is 11.3 Å². The molecule has 0 aliphatic carbocycles. The summed E-state index contributed by atoms with van der Waals surface area (Å²) in [4.78, 5) is 32.6. The van der Waals surface area contributed by atoms with Gasteiger partial charge in [-0.3, -0.25) is 14.2 Å². The van der Waals surface area contributed by atoms with Crippen molar-refractivity contribution < 1.29 is 9.53 Å². The normalized spacial score (nSPS) is 15.3. The van der Waals surface area contributed by atoms with E-state index in [4.69, 9.17) is 9.73 Å². The van der Waals surface area contributed by atoms with Crippen LogP contribution in [0.2, 0.25) is 0 Å². The highest BCUT2D eigenvalue weighted by molar-refractivity contribution is 7.07. The zero-order valence-electron chi connectivity index (χ0n) is 21.5. The summed E-state index contributed by atoms with van der Waals surface area (Å²) < 4.78 is 7.97. The molecule has 1 amide bonds. The maximum absolute atomic E-state index is 13.8. The van der Waals surface area contributed by atoms with Crippen LogP contribution < -0.4 is 24.9 Å². The minimum atomic E-state index is -0.592. The molecule has 1 aliphatic heterocycles. The molecule has 1 aromatic heterocycles. The average Bonchev–Trinajstić information content (AvgIpc) is 3.22. The standard InChI is InChI=1S/C31H29N3O3S/c1-20(2)19-37-25-16-14-22(15-17-25)18-26-30(36)34-28(23-10-6-4-7-11-23)27(21(3)32-31(34)38-26)29(35)33-24-12-8-5-9-13-24/h4-18,20,28H,19H2,1-3H3,(H,33,35)/b26-18+/t28-/m1/s1. The van der Waals surface area contributed by atoms with Gasteiger partial charge in [0.1, 0.15) is 5.75 Å². The lowest BCUT2D eigenvalue weighted by Gasteiger charge is -2.25. The van der Waals surface area contributed by atoms with E-state index in [1.807, 2.05) is 97.9 Å². The highest BCUT2D eigenvalue weighted by Crippen LogP contribution is 2.30. The van der Waals surface area contributed by atoms with Crippen molar-refractivity contribution in [2.45, 2.75) is 26.8 Å². The Hall–Kier alpha value is -4.23. The third-order valence-corrected chi connectivity index (χ3v) is 7.16. The Morgan fingerprint density at radius 2 is 1.68 bits per heavy atom. The van der Waals surface area contributed by atoms with Gasteiger partial charge in [0.05, 0.1) is 28.5 Å². The van der Waals surface area contributed by atoms with Crippen molar-refractivity contribution in [3.05, 3.63) is 127 Å². The number of anilines is 1. The van der Waals surface area contributed by atoms with Gasteiger partial charge in [-0.1, -0.05) is 85.8 Å². The van der Waals surface area contributed by atoms with Crippen molar-refractivity contribution in [2.75, 3.05) is 11.9 Å². The van der Waals surface area contributed by atoms with Gasteiger partial charge in [-0.2, -0.15) is 0 Å². The minimum absolute atomic E-state index is 0.180. The molecule has 0 saturated carbocycles. The lowest BCUT2D eigenvalue weighted by molar-refractivity contribution is -0.113. The number of thiazole rings is 1. The molecule has 0 fully saturated rings. The Kier molecular flexibility index (Phi) is 7.38. The summed E-state index contributed by atoms with van der Waals surface area (Å²) in [6.45, 7) is 6.68. The first-order valence-corrected chi connectivity index (χ1v) is 13.4. The van der Waals surface area contributed by atoms with Gasteiger partial charge in [0, 0.05) is 5.69 Å². The molecule has 0 bridgehead atoms. The zero-order valence-corrected chi connectivity index (χ0v) is 22.4. The predicted molar refractivity (Wildman–Crippen MR) is 152 cm³/mol. The highest BCUT2D eigenvalue weighted by Gasteiger charge is 2.32. The summed E-state index contributed by atoms with van der Waals surface area (Å²) in [5, 5.41) is 2.97. The number of para-hydroxylation sites is 1. The Morgan fingerprint density at radius 3 is 2.34 bits per heavy atom. The molecular formula is C31H29N3O3S. The molecule has 0 saturated heterocycles. The van der Waals surface area contributed by atoms with E-state index in [1.165, 1.54) is 11.3 Å². The summed E-state index contributed by atoms with van der Waals surface area (Å²) >= 11 is 1.33. The van der Waals surface area contributed by atoms with Crippen LogP contribution in [0.4, 0.5) is 5.69 Å². The predicted octanol–water partition coefficient (Wildman–Crippen LogP) is 4.91. The molecule has 0 unspecified atom stereocenters. The third-order valence-electron chi connectivity index (χ3n) is 6.17. The summed E-state index contributed by atoms with van der Waals surface area (Å²) in [6.07, 6.45) is 1.86. The van der Waals surface area contributed by atoms with E-state index in [-0.39, 0.29) is 11.5 Å². The fourth-order valence-electron chi connectivity index (χ4n) is 4.36. The molecular weight excluding hydrogens is 494 g/mol. The number of amides is 1. The molecule has 3 aromatic carbocycles. The molecule has 192 valence electrons. The topological polar surface area (TPSA) is 72.7 Å². The maximum atomic E-state index is 13.8. The number of benzene rings is 3. The van der Waals surface area contributed by atoms with Gasteiger partial charge in [-0.25, -0.2) is 4.99 Å². The first-order valence-electron chi connectivity index (χ1n) is 12.6. The van der Waals surface area contributed by atoms with Crippen LogP contribution in [-0.2, 0) is 4.79 Å². The fourth-order valence-corrected chi connectivity index (χ4v) is 5.40. The van der Waals surface area contributed by atoms with E-state index < -0.39 is 6.04 Å². The van der Waals surface area contributed by atoms with E-state index in [9.17, 15) is 9.59 Å². The highest BCUT2D eigenvalue weighted by atomic mass is 32.1. The van der Waals surface area contributed by atoms with Gasteiger partial charge in [-0.05, 0) is 54.3 Å². The van der Waals surface area contributed by atoms with Crippen LogP contribution in [0.1, 0.15) is 37.9 Å². The van der Waals surface area contributed by atoms with Crippen LogP contribution in [0.25, 0.3) is 6.08 Å². The quantitative estimate of drug-likeness (QED) is 0.374. The number of nitrogens with zero attached hydrogens (tertiary/aromatic N) is 2. The van der Waals surface area contributed by atoms with Crippen LogP contribution in [0.15, 0.2) is 106 Å². The van der Waals surface area contributed by atoms with Crippen LogP contribution in [0, 0.1) is 5.92 Å². The van der Waals surface area contributed by atoms with Gasteiger partial charge in [0.2, 0.25) is 0 Å². The molecule has 4 aromatic rings. The number of carbonyl (C=O) groups is 1. The second kappa shape index (κ2) is 11.0. The van der Waals surface area contributed by atoms with Crippen LogP contribution in [0.5, 0.6) is 5.75 Å². The zero-order chi connectivity index (χ0) is 26.6. The number of hydrogen-bond donors (Lipinski definition) is 1. The number of nitrogens with one attached hydrogen (secondary N) is 1. The second-order valence-corrected chi connectivity index (χ2v) is 10.6. The summed E-state index contributed by atoms with van der Waals surface area (Å²) in [7, 11) is 0. The smallest absolute Gasteiger partial charge is 0.271 e. The third kappa shape index (κ3) is 5.38. The first-order chi connectivity index (χ1) is 18.4. The van der Waals surface area contributed by atoms with Crippen molar-refractivity contribution in [3.63, 3.8) is 0 Å². The van der Waals surface area contributed by atoms with Gasteiger partial charge in [-0.15, -0.1) is 0 Å². The average molecular weight is 524 g/mol. The first kappa shape index (κ1) is 25.4. The van der Waals surface area contributed by atoms with Gasteiger partial charge in [0.25, 0.3) is 11.5 Å². The minimum Gasteiger partial charge on any atom is -0.493 e. The van der Waals surface area contributed by atoms with Crippen molar-refractivity contribution in [2.24, 2.45) is 10.9 Å². The maximum Gasteiger partial charge on any atom is 0.271 e. The molecule has 1 N–H and O–H groups in total. The Labute approximate surface area is 225 Å². The molecule has 38 heavy (non-hydrogen) atoms. The SMILES string of the molecule is CC1=C(C(=O)Nc2ccccc2)[C@@H](c2ccccc2)n2c(s/c(=C/c3ccc(OCC(C)C)cc3)c2=O)=N1. The monoisotopic (exact) mass is 523 g/mol. The molecule has 0 radical (unpaired) electrons. The number of fused-ring (bicyclic) bond motifs is 1. The summed E-state index contributed by atoms with van der Waals surface area (Å²) in [5.74, 6) is 0.959. The molecule has 5 rings (SSSR count). The van der Waals surface area contributed by atoms with E-state index >= 15 is 0 Å². The summed E-state index contributed by atoms with van der Waals surface area (Å²) in [5.41, 5.74) is 3.28. The molecule has 1 aliphatic rings. The van der Waals surface area contributed by atoms with Gasteiger partial charge < -0.3 is 10.1 Å². The lowest BCUT2D eigenvalue weighted by atomic mass is 9.95. The molecule has 2 heterocycles. The largest absolute Gasteiger partial charge is 0.493 e. The number of carbonyl (C=O) groups excluding carboxylic acids is 1. The van der Waals surface area contributed by atoms with Crippen molar-refractivity contribution in [3.8, 4) is 5.75 Å². The molecule has 7 heteroatoms. The van der Waals surface area contributed by atoms with Gasteiger partial charge in [0.15, 0.2) is 4.80 Å². The van der Waals surface area contributed by atoms with E-state index in [1.54, 1.807) is 4.57 Å². The lowest BCUT2D eigenvalue weighted by Crippen LogP contribution is -2.40. The molecule has 6 nitrogen and oxygen atoms in total. The van der Waals surface area contributed by atoms with E-state index in [0.717, 1.165) is 16.9 Å². The molecule has 0 spiro atoms. The van der Waals surface area contributed by atoms with Crippen molar-refractivity contribution in [1.82, 2.24) is 4.57 Å². The van der Waals surface area contributed by atoms with Crippen molar-refractivity contribution in [1.29, 1.82) is 0 Å². The van der Waals surface area contributed by atoms with Crippen LogP contribution in [-0.4, -0.2) is 17.1 Å². The Bertz CT molecular complexity index is 1650. The van der Waals surface area contributed by atoms with Gasteiger partial charge >= 0.3 is 0 Å². The molecule has 1 atom stereocenters.